The van der Waals surface area contributed by atoms with Gasteiger partial charge in [0.05, 0.1) is 15.6 Å². The van der Waals surface area contributed by atoms with E-state index in [-0.39, 0.29) is 16.4 Å². The fourth-order valence-corrected chi connectivity index (χ4v) is 2.18. The molecule has 0 heterocycles. The lowest BCUT2D eigenvalue weighted by atomic mass is 10.1. The molecule has 6 nitrogen and oxygen atoms in total. The van der Waals surface area contributed by atoms with Gasteiger partial charge in [-0.1, -0.05) is 23.2 Å². The first-order valence-electron chi connectivity index (χ1n) is 6.89. The van der Waals surface area contributed by atoms with Crippen LogP contribution in [0.4, 0.5) is 11.4 Å². The maximum Gasteiger partial charge on any atom is 0.271 e. The van der Waals surface area contributed by atoms with E-state index in [9.17, 15) is 14.9 Å². The number of rotatable bonds is 5. The highest BCUT2D eigenvalue weighted by molar-refractivity contribution is 6.34. The summed E-state index contributed by atoms with van der Waals surface area (Å²) in [6.07, 6.45) is 0. The van der Waals surface area contributed by atoms with Crippen LogP contribution in [0, 0.1) is 10.1 Å². The van der Waals surface area contributed by atoms with Crippen LogP contribution in [0.1, 0.15) is 13.8 Å². The number of nitro benzene ring substituents is 1. The van der Waals surface area contributed by atoms with Gasteiger partial charge >= 0.3 is 0 Å². The monoisotopic (exact) mass is 368 g/mol. The summed E-state index contributed by atoms with van der Waals surface area (Å²) >= 11 is 11.8. The Kier molecular flexibility index (Phi) is 5.31. The maximum atomic E-state index is 12.4. The van der Waals surface area contributed by atoms with E-state index in [0.29, 0.717) is 10.8 Å². The summed E-state index contributed by atoms with van der Waals surface area (Å²) in [6.45, 7) is 3.19. The minimum atomic E-state index is -1.20. The van der Waals surface area contributed by atoms with E-state index in [1.54, 1.807) is 38.1 Å². The molecule has 24 heavy (non-hydrogen) atoms. The number of hydrogen-bond donors (Lipinski definition) is 1. The number of nitrogens with zero attached hydrogens (tertiary/aromatic N) is 1. The summed E-state index contributed by atoms with van der Waals surface area (Å²) in [4.78, 5) is 22.6. The van der Waals surface area contributed by atoms with Gasteiger partial charge in [-0.3, -0.25) is 14.9 Å². The highest BCUT2D eigenvalue weighted by Gasteiger charge is 2.30. The molecule has 0 aliphatic carbocycles. The summed E-state index contributed by atoms with van der Waals surface area (Å²) < 4.78 is 5.67. The van der Waals surface area contributed by atoms with Crippen molar-refractivity contribution in [2.75, 3.05) is 5.32 Å². The van der Waals surface area contributed by atoms with Crippen LogP contribution in [-0.2, 0) is 4.79 Å². The van der Waals surface area contributed by atoms with Crippen molar-refractivity contribution < 1.29 is 14.5 Å². The van der Waals surface area contributed by atoms with Crippen molar-refractivity contribution in [3.63, 3.8) is 0 Å². The molecule has 0 unspecified atom stereocenters. The molecule has 0 radical (unpaired) electrons. The second-order valence-corrected chi connectivity index (χ2v) is 6.29. The number of carbonyl (C=O) groups is 1. The third-order valence-corrected chi connectivity index (χ3v) is 3.71. The molecular weight excluding hydrogens is 355 g/mol. The first-order chi connectivity index (χ1) is 11.2. The van der Waals surface area contributed by atoms with Gasteiger partial charge in [-0.05, 0) is 44.2 Å². The highest BCUT2D eigenvalue weighted by Crippen LogP contribution is 2.28. The number of ether oxygens (including phenoxy) is 1. The number of halogens is 2. The second-order valence-electron chi connectivity index (χ2n) is 5.44. The van der Waals surface area contributed by atoms with Crippen LogP contribution in [0.15, 0.2) is 42.5 Å². The molecule has 0 aliphatic heterocycles. The van der Waals surface area contributed by atoms with Gasteiger partial charge in [-0.15, -0.1) is 0 Å². The second kappa shape index (κ2) is 7.07. The molecule has 0 aliphatic rings. The molecule has 2 aromatic carbocycles. The lowest BCUT2D eigenvalue weighted by molar-refractivity contribution is -0.384. The first-order valence-corrected chi connectivity index (χ1v) is 7.64. The van der Waals surface area contributed by atoms with Crippen LogP contribution in [0.25, 0.3) is 0 Å². The molecule has 2 rings (SSSR count). The zero-order valence-electron chi connectivity index (χ0n) is 12.9. The van der Waals surface area contributed by atoms with Gasteiger partial charge in [-0.2, -0.15) is 0 Å². The van der Waals surface area contributed by atoms with Crippen molar-refractivity contribution in [1.82, 2.24) is 0 Å². The Bertz CT molecular complexity index is 776. The number of nitro groups is 1. The van der Waals surface area contributed by atoms with E-state index in [4.69, 9.17) is 27.9 Å². The molecular formula is C16H14Cl2N2O4. The lowest BCUT2D eigenvalue weighted by Crippen LogP contribution is -2.42. The topological polar surface area (TPSA) is 81.5 Å². The van der Waals surface area contributed by atoms with Gasteiger partial charge in [0.2, 0.25) is 0 Å². The summed E-state index contributed by atoms with van der Waals surface area (Å²) in [5, 5.41) is 13.9. The Hall–Kier alpha value is -2.31. The lowest BCUT2D eigenvalue weighted by Gasteiger charge is -2.25. The number of amides is 1. The van der Waals surface area contributed by atoms with Crippen molar-refractivity contribution in [1.29, 1.82) is 0 Å². The molecule has 0 bridgehead atoms. The van der Waals surface area contributed by atoms with Gasteiger partial charge in [0.25, 0.3) is 11.6 Å². The van der Waals surface area contributed by atoms with Crippen molar-refractivity contribution in [2.24, 2.45) is 0 Å². The quantitative estimate of drug-likeness (QED) is 0.612. The standard InChI is InChI=1S/C16H14Cl2N2O4/c1-16(2,24-12-6-3-10(17)4-7-12)15(21)19-14-8-5-11(20(22)23)9-13(14)18/h3-9H,1-2H3,(H,19,21). The third-order valence-electron chi connectivity index (χ3n) is 3.15. The minimum Gasteiger partial charge on any atom is -0.478 e. The Labute approximate surface area is 148 Å². The van der Waals surface area contributed by atoms with Crippen LogP contribution in [0.2, 0.25) is 10.0 Å². The van der Waals surface area contributed by atoms with Crippen molar-refractivity contribution >= 4 is 40.5 Å². The number of benzene rings is 2. The molecule has 8 heteroatoms. The fourth-order valence-electron chi connectivity index (χ4n) is 1.84. The molecule has 0 spiro atoms. The maximum absolute atomic E-state index is 12.4. The number of hydrogen-bond acceptors (Lipinski definition) is 4. The van der Waals surface area contributed by atoms with Gasteiger partial charge in [-0.25, -0.2) is 0 Å². The largest absolute Gasteiger partial charge is 0.478 e. The zero-order chi connectivity index (χ0) is 17.9. The van der Waals surface area contributed by atoms with Crippen molar-refractivity contribution in [2.45, 2.75) is 19.4 Å². The smallest absolute Gasteiger partial charge is 0.271 e. The van der Waals surface area contributed by atoms with Gasteiger partial charge in [0.1, 0.15) is 5.75 Å². The molecule has 1 amide bonds. The summed E-state index contributed by atoms with van der Waals surface area (Å²) in [7, 11) is 0. The summed E-state index contributed by atoms with van der Waals surface area (Å²) in [5.41, 5.74) is -1.09. The Morgan fingerprint density at radius 2 is 1.79 bits per heavy atom. The fraction of sp³-hybridized carbons (Fsp3) is 0.188. The number of nitrogens with one attached hydrogen (secondary N) is 1. The average molecular weight is 369 g/mol. The molecule has 0 saturated carbocycles. The van der Waals surface area contributed by atoms with Gasteiger partial charge in [0, 0.05) is 17.2 Å². The third kappa shape index (κ3) is 4.37. The van der Waals surface area contributed by atoms with E-state index in [0.717, 1.165) is 0 Å². The number of carbonyl (C=O) groups excluding carboxylic acids is 1. The molecule has 0 saturated heterocycles. The Balaban J connectivity index is 2.12. The average Bonchev–Trinajstić information content (AvgIpc) is 2.51. The Morgan fingerprint density at radius 1 is 1.17 bits per heavy atom. The molecule has 0 fully saturated rings. The Morgan fingerprint density at radius 3 is 2.33 bits per heavy atom. The SMILES string of the molecule is CC(C)(Oc1ccc(Cl)cc1)C(=O)Nc1ccc([N+](=O)[O-])cc1Cl. The summed E-state index contributed by atoms with van der Waals surface area (Å²) in [6, 6.07) is 10.4. The zero-order valence-corrected chi connectivity index (χ0v) is 14.4. The predicted molar refractivity (Wildman–Crippen MR) is 92.9 cm³/mol. The number of non-ortho nitro benzene ring substituents is 1. The first kappa shape index (κ1) is 18.0. The van der Waals surface area contributed by atoms with E-state index in [1.807, 2.05) is 0 Å². The normalized spacial score (nSPS) is 11.0. The molecule has 0 atom stereocenters. The van der Waals surface area contributed by atoms with Gasteiger partial charge in [0.15, 0.2) is 5.60 Å². The van der Waals surface area contributed by atoms with Crippen molar-refractivity contribution in [3.05, 3.63) is 62.6 Å². The molecule has 0 aromatic heterocycles. The summed E-state index contributed by atoms with van der Waals surface area (Å²) in [5.74, 6) is 0.0301. The molecule has 126 valence electrons. The van der Waals surface area contributed by atoms with Gasteiger partial charge < -0.3 is 10.1 Å². The van der Waals surface area contributed by atoms with E-state index >= 15 is 0 Å². The number of anilines is 1. The molecule has 1 N–H and O–H groups in total. The van der Waals surface area contributed by atoms with Crippen molar-refractivity contribution in [3.8, 4) is 5.75 Å². The van der Waals surface area contributed by atoms with Crippen LogP contribution in [-0.4, -0.2) is 16.4 Å². The minimum absolute atomic E-state index is 0.0693. The molecule has 2 aromatic rings. The highest BCUT2D eigenvalue weighted by atomic mass is 35.5. The predicted octanol–water partition coefficient (Wildman–Crippen LogP) is 4.70. The van der Waals surface area contributed by atoms with E-state index < -0.39 is 16.4 Å². The van der Waals surface area contributed by atoms with E-state index in [2.05, 4.69) is 5.32 Å². The van der Waals surface area contributed by atoms with E-state index in [1.165, 1.54) is 18.2 Å². The van der Waals surface area contributed by atoms with Crippen LogP contribution in [0.3, 0.4) is 0 Å². The van der Waals surface area contributed by atoms with Crippen LogP contribution < -0.4 is 10.1 Å². The van der Waals surface area contributed by atoms with Crippen LogP contribution in [0.5, 0.6) is 5.75 Å². The van der Waals surface area contributed by atoms with Crippen LogP contribution >= 0.6 is 23.2 Å².